The third kappa shape index (κ3) is 5.14. The number of methoxy groups -OCH3 is 2. The minimum absolute atomic E-state index is 0.256. The van der Waals surface area contributed by atoms with Gasteiger partial charge in [0.1, 0.15) is 17.5 Å². The van der Waals surface area contributed by atoms with Gasteiger partial charge in [0.15, 0.2) is 4.80 Å². The molecule has 0 saturated carbocycles. The van der Waals surface area contributed by atoms with Crippen LogP contribution in [0.5, 0.6) is 11.5 Å². The first-order valence-corrected chi connectivity index (χ1v) is 15.4. The van der Waals surface area contributed by atoms with Crippen molar-refractivity contribution in [2.45, 2.75) is 42.7 Å². The molecular weight excluding hydrogens is 583 g/mol. The molecule has 43 heavy (non-hydrogen) atoms. The van der Waals surface area contributed by atoms with Gasteiger partial charge in [0, 0.05) is 22.4 Å². The van der Waals surface area contributed by atoms with Crippen LogP contribution in [0.4, 0.5) is 11.4 Å². The molecule has 0 aliphatic carbocycles. The summed E-state index contributed by atoms with van der Waals surface area (Å²) in [5.41, 5.74) is 4.29. The molecule has 0 saturated heterocycles. The third-order valence-electron chi connectivity index (χ3n) is 7.41. The number of carbonyl (C=O) groups is 1. The summed E-state index contributed by atoms with van der Waals surface area (Å²) in [4.78, 5) is 37.3. The normalized spacial score (nSPS) is 15.9. The summed E-state index contributed by atoms with van der Waals surface area (Å²) < 4.78 is 18.9. The van der Waals surface area contributed by atoms with E-state index in [1.807, 2.05) is 24.3 Å². The molecule has 0 spiro atoms. The molecule has 0 bridgehead atoms. The van der Waals surface area contributed by atoms with E-state index >= 15 is 0 Å². The summed E-state index contributed by atoms with van der Waals surface area (Å²) in [6, 6.07) is 19.0. The molecule has 0 radical (unpaired) electrons. The lowest BCUT2D eigenvalue weighted by atomic mass is 9.94. The van der Waals surface area contributed by atoms with Gasteiger partial charge < -0.3 is 19.1 Å². The molecule has 2 aliphatic rings. The van der Waals surface area contributed by atoms with Crippen molar-refractivity contribution in [1.29, 1.82) is 0 Å². The Hall–Kier alpha value is -4.28. The number of hydrogen-bond acceptors (Lipinski definition) is 9. The van der Waals surface area contributed by atoms with E-state index in [-0.39, 0.29) is 17.2 Å². The number of thiazole rings is 1. The molecule has 220 valence electrons. The number of allylic oxidation sites excluding steroid dienone is 1. The van der Waals surface area contributed by atoms with E-state index < -0.39 is 12.0 Å². The van der Waals surface area contributed by atoms with Crippen molar-refractivity contribution in [2.24, 2.45) is 4.99 Å². The van der Waals surface area contributed by atoms with Crippen molar-refractivity contribution in [2.75, 3.05) is 26.2 Å². The second-order valence-corrected chi connectivity index (χ2v) is 12.6. The molecule has 0 unspecified atom stereocenters. The van der Waals surface area contributed by atoms with Gasteiger partial charge in [-0.15, -0.1) is 0 Å². The van der Waals surface area contributed by atoms with Gasteiger partial charge in [-0.1, -0.05) is 41.3 Å². The van der Waals surface area contributed by atoms with E-state index in [1.54, 1.807) is 69.5 Å². The Labute approximate surface area is 257 Å². The van der Waals surface area contributed by atoms with Crippen LogP contribution in [0.25, 0.3) is 6.08 Å². The summed E-state index contributed by atoms with van der Waals surface area (Å²) in [5, 5.41) is 0. The maximum atomic E-state index is 14.2. The first kappa shape index (κ1) is 28.8. The van der Waals surface area contributed by atoms with Crippen molar-refractivity contribution < 1.29 is 19.0 Å². The molecule has 8 nitrogen and oxygen atoms in total. The number of nitrogens with zero attached hydrogens (tertiary/aromatic N) is 3. The molecule has 6 rings (SSSR count). The number of fused-ring (bicyclic) bond motifs is 3. The van der Waals surface area contributed by atoms with Crippen LogP contribution in [0.15, 0.2) is 91.5 Å². The van der Waals surface area contributed by atoms with Crippen molar-refractivity contribution in [3.8, 4) is 11.5 Å². The number of benzene rings is 3. The van der Waals surface area contributed by atoms with Gasteiger partial charge >= 0.3 is 5.97 Å². The quantitative estimate of drug-likeness (QED) is 0.268. The number of rotatable bonds is 6. The maximum Gasteiger partial charge on any atom is 0.338 e. The summed E-state index contributed by atoms with van der Waals surface area (Å²) in [5.74, 6) is 0.555. The predicted octanol–water partition coefficient (Wildman–Crippen LogP) is 5.44. The van der Waals surface area contributed by atoms with Crippen molar-refractivity contribution >= 4 is 46.5 Å². The van der Waals surface area contributed by atoms with E-state index in [4.69, 9.17) is 19.2 Å². The van der Waals surface area contributed by atoms with Gasteiger partial charge in [-0.05, 0) is 74.9 Å². The average molecular weight is 614 g/mol. The van der Waals surface area contributed by atoms with Crippen LogP contribution in [-0.4, -0.2) is 37.9 Å². The minimum atomic E-state index is -0.820. The smallest absolute Gasteiger partial charge is 0.338 e. The van der Waals surface area contributed by atoms with Crippen LogP contribution >= 0.6 is 23.1 Å². The largest absolute Gasteiger partial charge is 0.497 e. The molecule has 0 amide bonds. The van der Waals surface area contributed by atoms with Crippen LogP contribution in [0, 0.1) is 0 Å². The highest BCUT2D eigenvalue weighted by molar-refractivity contribution is 7.99. The van der Waals surface area contributed by atoms with Crippen LogP contribution in [0.1, 0.15) is 37.9 Å². The fourth-order valence-corrected chi connectivity index (χ4v) is 7.65. The highest BCUT2D eigenvalue weighted by Crippen LogP contribution is 2.47. The standard InChI is InChI=1S/C33H31N3O5S2/c1-18(2)41-32(38)29-19(3)34-33-36(30(29)22-17-21(39-5)12-14-25(22)40-6)31(37)28(43-33)16-20-11-13-24-27(15-20)42-26-10-8-7-9-23(26)35(24)4/h7-18,30H,1-6H3/b28-16-/t30-/m1/s1. The van der Waals surface area contributed by atoms with Gasteiger partial charge in [0.05, 0.1) is 47.5 Å². The highest BCUT2D eigenvalue weighted by atomic mass is 32.2. The molecule has 0 N–H and O–H groups in total. The highest BCUT2D eigenvalue weighted by Gasteiger charge is 2.36. The number of para-hydroxylation sites is 1. The minimum Gasteiger partial charge on any atom is -0.497 e. The Kier molecular flexibility index (Phi) is 7.66. The van der Waals surface area contributed by atoms with Gasteiger partial charge in [0.2, 0.25) is 0 Å². The molecular formula is C33H31N3O5S2. The Balaban J connectivity index is 1.51. The predicted molar refractivity (Wildman–Crippen MR) is 170 cm³/mol. The average Bonchev–Trinajstić information content (AvgIpc) is 3.29. The number of esters is 1. The number of carbonyl (C=O) groups excluding carboxylic acids is 1. The van der Waals surface area contributed by atoms with Gasteiger partial charge in [-0.25, -0.2) is 9.79 Å². The molecule has 4 aromatic rings. The molecule has 0 fully saturated rings. The Morgan fingerprint density at radius 1 is 1.00 bits per heavy atom. The molecule has 10 heteroatoms. The number of anilines is 2. The summed E-state index contributed by atoms with van der Waals surface area (Å²) in [7, 11) is 5.19. The number of aromatic nitrogens is 1. The Morgan fingerprint density at radius 3 is 2.51 bits per heavy atom. The lowest BCUT2D eigenvalue weighted by Crippen LogP contribution is -2.40. The first-order valence-electron chi connectivity index (χ1n) is 13.8. The van der Waals surface area contributed by atoms with Gasteiger partial charge in [0.25, 0.3) is 5.56 Å². The summed E-state index contributed by atoms with van der Waals surface area (Å²) in [6.45, 7) is 5.34. The Bertz CT molecular complexity index is 1970. The van der Waals surface area contributed by atoms with E-state index in [1.165, 1.54) is 16.2 Å². The van der Waals surface area contributed by atoms with Crippen LogP contribution in [-0.2, 0) is 9.53 Å². The summed E-state index contributed by atoms with van der Waals surface area (Å²) >= 11 is 3.00. The first-order chi connectivity index (χ1) is 20.7. The maximum absolute atomic E-state index is 14.2. The molecule has 1 aromatic heterocycles. The van der Waals surface area contributed by atoms with Crippen molar-refractivity contribution in [3.05, 3.63) is 103 Å². The van der Waals surface area contributed by atoms with Crippen LogP contribution in [0.2, 0.25) is 0 Å². The Morgan fingerprint density at radius 2 is 1.77 bits per heavy atom. The lowest BCUT2D eigenvalue weighted by Gasteiger charge is -2.29. The third-order valence-corrected chi connectivity index (χ3v) is 9.50. The van der Waals surface area contributed by atoms with Crippen LogP contribution < -0.4 is 29.3 Å². The van der Waals surface area contributed by atoms with Crippen LogP contribution in [0.3, 0.4) is 0 Å². The van der Waals surface area contributed by atoms with Crippen molar-refractivity contribution in [1.82, 2.24) is 4.57 Å². The molecule has 1 atom stereocenters. The molecule has 3 heterocycles. The van der Waals surface area contributed by atoms with E-state index in [0.29, 0.717) is 32.1 Å². The zero-order valence-corrected chi connectivity index (χ0v) is 26.3. The van der Waals surface area contributed by atoms with E-state index in [9.17, 15) is 9.59 Å². The fourth-order valence-electron chi connectivity index (χ4n) is 5.41. The fraction of sp³-hybridized carbons (Fsp3) is 0.242. The second-order valence-electron chi connectivity index (χ2n) is 10.5. The number of hydrogen-bond donors (Lipinski definition) is 0. The van der Waals surface area contributed by atoms with Gasteiger partial charge in [-0.3, -0.25) is 9.36 Å². The monoisotopic (exact) mass is 613 g/mol. The zero-order valence-electron chi connectivity index (χ0n) is 24.7. The molecule has 2 aliphatic heterocycles. The van der Waals surface area contributed by atoms with E-state index in [0.717, 1.165) is 21.8 Å². The lowest BCUT2D eigenvalue weighted by molar-refractivity contribution is -0.143. The van der Waals surface area contributed by atoms with Crippen molar-refractivity contribution in [3.63, 3.8) is 0 Å². The van der Waals surface area contributed by atoms with E-state index in [2.05, 4.69) is 36.2 Å². The summed E-state index contributed by atoms with van der Waals surface area (Å²) in [6.07, 6.45) is 1.54. The topological polar surface area (TPSA) is 82.4 Å². The molecule has 3 aromatic carbocycles. The number of ether oxygens (including phenoxy) is 3. The second kappa shape index (κ2) is 11.4. The van der Waals surface area contributed by atoms with Gasteiger partial charge in [-0.2, -0.15) is 0 Å². The zero-order chi connectivity index (χ0) is 30.4. The SMILES string of the molecule is COc1ccc(OC)c([C@@H]2C(C(=O)OC(C)C)=C(C)N=c3s/c(=C\c4ccc5c(c4)Sc4ccccc4N5C)c(=O)n32)c1.